The molecule has 1 amide bonds. The van der Waals surface area contributed by atoms with Crippen LogP contribution in [0.2, 0.25) is 0 Å². The number of thioether (sulfide) groups is 1. The number of halogens is 1. The van der Waals surface area contributed by atoms with Crippen LogP contribution >= 0.6 is 39.0 Å². The maximum atomic E-state index is 12.2. The minimum Gasteiger partial charge on any atom is -0.493 e. The number of rotatable bonds is 4. The highest BCUT2D eigenvalue weighted by Gasteiger charge is 2.31. The van der Waals surface area contributed by atoms with Crippen molar-refractivity contribution in [2.24, 2.45) is 15.2 Å². The number of amides is 1. The Morgan fingerprint density at radius 1 is 1.33 bits per heavy atom. The predicted octanol–water partition coefficient (Wildman–Crippen LogP) is 5.05. The summed E-state index contributed by atoms with van der Waals surface area (Å²) in [5.74, 6) is -0.612. The quantitative estimate of drug-likeness (QED) is 0.417. The van der Waals surface area contributed by atoms with Crippen LogP contribution in [0.4, 0.5) is 5.69 Å². The average molecular weight is 463 g/mol. The Hall–Kier alpha value is -2.30. The van der Waals surface area contributed by atoms with E-state index in [0.29, 0.717) is 15.8 Å². The summed E-state index contributed by atoms with van der Waals surface area (Å²) in [4.78, 5) is 31.5. The molecule has 0 radical (unpaired) electrons. The van der Waals surface area contributed by atoms with Crippen molar-refractivity contribution in [2.45, 2.75) is 11.7 Å². The molecule has 0 fully saturated rings. The SMILES string of the molecule is O=C(CC1SC(N=Nc2c(O)[nH]c3ccc(Br)cc23)=NC1=O)c1cccs1. The molecule has 4 rings (SSSR count). The minimum atomic E-state index is -0.598. The first-order valence-electron chi connectivity index (χ1n) is 7.79. The monoisotopic (exact) mass is 462 g/mol. The number of hydrogen-bond donors (Lipinski definition) is 2. The van der Waals surface area contributed by atoms with Crippen molar-refractivity contribution in [3.63, 3.8) is 0 Å². The van der Waals surface area contributed by atoms with Crippen LogP contribution < -0.4 is 0 Å². The second-order valence-corrected chi connectivity index (χ2v) is 8.69. The lowest BCUT2D eigenvalue weighted by atomic mass is 10.2. The van der Waals surface area contributed by atoms with Crippen LogP contribution in [0.5, 0.6) is 5.88 Å². The third kappa shape index (κ3) is 3.73. The predicted molar refractivity (Wildman–Crippen MR) is 109 cm³/mol. The fraction of sp³-hybridized carbons (Fsp3) is 0.118. The number of fused-ring (bicyclic) bond motifs is 1. The van der Waals surface area contributed by atoms with Crippen molar-refractivity contribution >= 4 is 72.5 Å². The van der Waals surface area contributed by atoms with Crippen LogP contribution in [0.15, 0.2) is 55.4 Å². The summed E-state index contributed by atoms with van der Waals surface area (Å²) in [5.41, 5.74) is 0.973. The number of carbonyl (C=O) groups is 2. The highest BCUT2D eigenvalue weighted by molar-refractivity contribution is 9.10. The molecule has 3 aromatic rings. The first-order valence-corrected chi connectivity index (χ1v) is 10.3. The van der Waals surface area contributed by atoms with Gasteiger partial charge < -0.3 is 10.1 Å². The standard InChI is InChI=1S/C17H11BrN4O3S2/c18-8-3-4-10-9(6-8)14(16(25)19-10)21-22-17-20-15(24)13(27-17)7-11(23)12-2-1-5-26-12/h1-6,13,19,25H,7H2. The van der Waals surface area contributed by atoms with Crippen LogP contribution in [0.3, 0.4) is 0 Å². The smallest absolute Gasteiger partial charge is 0.262 e. The van der Waals surface area contributed by atoms with E-state index in [9.17, 15) is 14.7 Å². The van der Waals surface area contributed by atoms with Gasteiger partial charge in [-0.15, -0.1) is 21.6 Å². The molecule has 1 aliphatic heterocycles. The second-order valence-electron chi connectivity index (χ2n) is 5.66. The summed E-state index contributed by atoms with van der Waals surface area (Å²) in [6.07, 6.45) is 0.0673. The molecule has 0 saturated carbocycles. The third-order valence-corrected chi connectivity index (χ3v) is 6.29. The van der Waals surface area contributed by atoms with Gasteiger partial charge in [-0.3, -0.25) is 9.59 Å². The highest BCUT2D eigenvalue weighted by atomic mass is 79.9. The first-order chi connectivity index (χ1) is 13.0. The zero-order chi connectivity index (χ0) is 19.0. The van der Waals surface area contributed by atoms with Crippen molar-refractivity contribution in [1.82, 2.24) is 4.98 Å². The fourth-order valence-electron chi connectivity index (χ4n) is 2.58. The van der Waals surface area contributed by atoms with Gasteiger partial charge in [-0.1, -0.05) is 33.8 Å². The Balaban J connectivity index is 1.50. The molecule has 0 bridgehead atoms. The van der Waals surface area contributed by atoms with Crippen LogP contribution in [-0.4, -0.2) is 32.2 Å². The molecule has 7 nitrogen and oxygen atoms in total. The number of hydrogen-bond acceptors (Lipinski definition) is 7. The van der Waals surface area contributed by atoms with Gasteiger partial charge in [0.1, 0.15) is 5.25 Å². The molecular formula is C17H11BrN4O3S2. The van der Waals surface area contributed by atoms with E-state index >= 15 is 0 Å². The van der Waals surface area contributed by atoms with Crippen LogP contribution in [0.25, 0.3) is 10.9 Å². The number of aromatic amines is 1. The zero-order valence-electron chi connectivity index (χ0n) is 13.5. The van der Waals surface area contributed by atoms with Gasteiger partial charge >= 0.3 is 0 Å². The maximum Gasteiger partial charge on any atom is 0.262 e. The van der Waals surface area contributed by atoms with Crippen molar-refractivity contribution in [3.8, 4) is 5.88 Å². The summed E-state index contributed by atoms with van der Waals surface area (Å²) in [6, 6.07) is 8.97. The number of aliphatic imine (C=N–C) groups is 1. The average Bonchev–Trinajstić information content (AvgIpc) is 3.33. The summed E-state index contributed by atoms with van der Waals surface area (Å²) < 4.78 is 0.834. The van der Waals surface area contributed by atoms with Gasteiger partial charge in [0.25, 0.3) is 5.91 Å². The number of H-pyrrole nitrogens is 1. The van der Waals surface area contributed by atoms with E-state index in [2.05, 4.69) is 36.1 Å². The molecule has 0 spiro atoms. The van der Waals surface area contributed by atoms with E-state index in [1.54, 1.807) is 24.3 Å². The first kappa shape index (κ1) is 18.1. The van der Waals surface area contributed by atoms with Gasteiger partial charge in [-0.2, -0.15) is 4.99 Å². The molecular weight excluding hydrogens is 452 g/mol. The van der Waals surface area contributed by atoms with E-state index in [-0.39, 0.29) is 28.9 Å². The molecule has 10 heteroatoms. The van der Waals surface area contributed by atoms with Crippen molar-refractivity contribution in [2.75, 3.05) is 0 Å². The number of aromatic nitrogens is 1. The van der Waals surface area contributed by atoms with Crippen molar-refractivity contribution in [1.29, 1.82) is 0 Å². The Morgan fingerprint density at radius 3 is 2.96 bits per heavy atom. The summed E-state index contributed by atoms with van der Waals surface area (Å²) in [7, 11) is 0. The molecule has 1 atom stereocenters. The Bertz CT molecular complexity index is 1110. The molecule has 0 saturated heterocycles. The minimum absolute atomic E-state index is 0.0673. The molecule has 2 N–H and O–H groups in total. The number of aromatic hydroxyl groups is 1. The van der Waals surface area contributed by atoms with Gasteiger partial charge in [0.15, 0.2) is 11.5 Å². The molecule has 3 heterocycles. The van der Waals surface area contributed by atoms with E-state index < -0.39 is 11.2 Å². The zero-order valence-corrected chi connectivity index (χ0v) is 16.8. The number of amidine groups is 1. The van der Waals surface area contributed by atoms with E-state index in [0.717, 1.165) is 16.2 Å². The van der Waals surface area contributed by atoms with Crippen molar-refractivity contribution in [3.05, 3.63) is 45.1 Å². The van der Waals surface area contributed by atoms with Gasteiger partial charge in [-0.25, -0.2) is 0 Å². The number of carbonyl (C=O) groups excluding carboxylic acids is 2. The van der Waals surface area contributed by atoms with E-state index in [1.165, 1.54) is 11.3 Å². The lowest BCUT2D eigenvalue weighted by Gasteiger charge is -2.03. The highest BCUT2D eigenvalue weighted by Crippen LogP contribution is 2.37. The molecule has 1 aliphatic rings. The van der Waals surface area contributed by atoms with Crippen LogP contribution in [0.1, 0.15) is 16.1 Å². The fourth-order valence-corrected chi connectivity index (χ4v) is 4.49. The topological polar surface area (TPSA) is 107 Å². The lowest BCUT2D eigenvalue weighted by molar-refractivity contribution is -0.117. The second kappa shape index (κ2) is 7.37. The number of nitrogens with zero attached hydrogens (tertiary/aromatic N) is 3. The van der Waals surface area contributed by atoms with Crippen LogP contribution in [0, 0.1) is 0 Å². The summed E-state index contributed by atoms with van der Waals surface area (Å²) in [5, 5.41) is 20.2. The Labute approximate surface area is 169 Å². The maximum absolute atomic E-state index is 12.2. The lowest BCUT2D eigenvalue weighted by Crippen LogP contribution is -2.15. The molecule has 0 aliphatic carbocycles. The third-order valence-electron chi connectivity index (χ3n) is 3.85. The Morgan fingerprint density at radius 2 is 2.19 bits per heavy atom. The number of ketones is 1. The normalized spacial score (nSPS) is 17.1. The number of thiophene rings is 1. The van der Waals surface area contributed by atoms with Crippen molar-refractivity contribution < 1.29 is 14.7 Å². The summed E-state index contributed by atoms with van der Waals surface area (Å²) >= 11 is 5.82. The van der Waals surface area contributed by atoms with E-state index in [1.807, 2.05) is 11.4 Å². The molecule has 136 valence electrons. The number of Topliss-reactive ketones (excluding diaryl/α,β-unsaturated/α-hetero) is 1. The summed E-state index contributed by atoms with van der Waals surface area (Å²) in [6.45, 7) is 0. The molecule has 2 aromatic heterocycles. The molecule has 27 heavy (non-hydrogen) atoms. The van der Waals surface area contributed by atoms with Gasteiger partial charge in [0.05, 0.1) is 10.4 Å². The molecule has 1 aromatic carbocycles. The Kier molecular flexibility index (Phi) is 4.94. The number of azo groups is 1. The number of benzene rings is 1. The van der Waals surface area contributed by atoms with Gasteiger partial charge in [-0.05, 0) is 29.6 Å². The molecule has 1 unspecified atom stereocenters. The van der Waals surface area contributed by atoms with Crippen LogP contribution in [-0.2, 0) is 4.79 Å². The number of nitrogens with one attached hydrogen (secondary N) is 1. The van der Waals surface area contributed by atoms with Gasteiger partial charge in [0.2, 0.25) is 11.0 Å². The van der Waals surface area contributed by atoms with Gasteiger partial charge in [0, 0.05) is 16.3 Å². The van der Waals surface area contributed by atoms with E-state index in [4.69, 9.17) is 0 Å². The largest absolute Gasteiger partial charge is 0.493 e.